The molecule has 10 nitrogen and oxygen atoms in total. The first-order chi connectivity index (χ1) is 18.5. The summed E-state index contributed by atoms with van der Waals surface area (Å²) in [6.07, 6.45) is 6.86. The van der Waals surface area contributed by atoms with Gasteiger partial charge < -0.3 is 34.3 Å². The Kier molecular flexibility index (Phi) is 6.59. The van der Waals surface area contributed by atoms with Gasteiger partial charge >= 0.3 is 0 Å². The van der Waals surface area contributed by atoms with Gasteiger partial charge in [0.05, 0.1) is 24.9 Å². The van der Waals surface area contributed by atoms with E-state index in [0.29, 0.717) is 16.5 Å². The van der Waals surface area contributed by atoms with Crippen LogP contribution in [0, 0.1) is 0 Å². The van der Waals surface area contributed by atoms with E-state index in [4.69, 9.17) is 36.8 Å². The van der Waals surface area contributed by atoms with E-state index >= 15 is 0 Å². The number of imidazole rings is 1. The molecule has 1 atom stereocenters. The summed E-state index contributed by atoms with van der Waals surface area (Å²) in [6.45, 7) is 5.26. The van der Waals surface area contributed by atoms with Gasteiger partial charge in [0.2, 0.25) is 5.95 Å². The Labute approximate surface area is 226 Å². The van der Waals surface area contributed by atoms with Gasteiger partial charge in [-0.15, -0.1) is 0 Å². The minimum atomic E-state index is 0.199. The zero-order valence-electron chi connectivity index (χ0n) is 21.5. The number of halogens is 1. The van der Waals surface area contributed by atoms with Gasteiger partial charge in [-0.2, -0.15) is 4.98 Å². The van der Waals surface area contributed by atoms with Crippen LogP contribution in [0.4, 0.5) is 17.5 Å². The van der Waals surface area contributed by atoms with E-state index < -0.39 is 0 Å². The van der Waals surface area contributed by atoms with Crippen molar-refractivity contribution in [1.82, 2.24) is 19.4 Å². The van der Waals surface area contributed by atoms with Crippen molar-refractivity contribution < 1.29 is 9.47 Å². The summed E-state index contributed by atoms with van der Waals surface area (Å²) < 4.78 is 12.9. The van der Waals surface area contributed by atoms with E-state index in [0.717, 1.165) is 80.0 Å². The van der Waals surface area contributed by atoms with Crippen LogP contribution < -0.4 is 29.9 Å². The second-order valence-corrected chi connectivity index (χ2v) is 10.1. The molecule has 4 aromatic rings. The Morgan fingerprint density at radius 1 is 0.921 bits per heavy atom. The van der Waals surface area contributed by atoms with Crippen LogP contribution in [0.2, 0.25) is 5.02 Å². The maximum absolute atomic E-state index is 6.40. The third-order valence-electron chi connectivity index (χ3n) is 7.30. The van der Waals surface area contributed by atoms with E-state index in [2.05, 4.69) is 31.8 Å². The van der Waals surface area contributed by atoms with Crippen molar-refractivity contribution >= 4 is 34.7 Å². The average Bonchev–Trinajstić information content (AvgIpc) is 3.59. The number of hydrogen-bond acceptors (Lipinski definition) is 9. The Morgan fingerprint density at radius 3 is 2.45 bits per heavy atom. The smallest absolute Gasteiger partial charge is 0.227 e. The molecule has 0 saturated carbocycles. The zero-order chi connectivity index (χ0) is 26.2. The van der Waals surface area contributed by atoms with Crippen LogP contribution in [0.1, 0.15) is 6.42 Å². The zero-order valence-corrected chi connectivity index (χ0v) is 22.3. The first-order valence-corrected chi connectivity index (χ1v) is 13.1. The summed E-state index contributed by atoms with van der Waals surface area (Å²) in [5, 5.41) is 0.513. The summed E-state index contributed by atoms with van der Waals surface area (Å²) in [5.41, 5.74) is 9.68. The molecule has 2 aliphatic rings. The molecule has 1 unspecified atom stereocenters. The summed E-state index contributed by atoms with van der Waals surface area (Å²) in [4.78, 5) is 21.1. The number of pyridine rings is 1. The van der Waals surface area contributed by atoms with Crippen LogP contribution in [0.25, 0.3) is 16.9 Å². The molecule has 3 aromatic heterocycles. The number of hydrogen-bond donors (Lipinski definition) is 1. The lowest BCUT2D eigenvalue weighted by Crippen LogP contribution is -2.47. The molecule has 38 heavy (non-hydrogen) atoms. The maximum atomic E-state index is 6.40. The molecule has 0 radical (unpaired) electrons. The monoisotopic (exact) mass is 534 g/mol. The maximum Gasteiger partial charge on any atom is 0.227 e. The van der Waals surface area contributed by atoms with E-state index in [9.17, 15) is 0 Å². The van der Waals surface area contributed by atoms with Crippen molar-refractivity contribution in [2.75, 3.05) is 68.2 Å². The molecule has 5 heterocycles. The summed E-state index contributed by atoms with van der Waals surface area (Å²) >= 11 is 6.40. The van der Waals surface area contributed by atoms with Gasteiger partial charge in [-0.25, -0.2) is 9.97 Å². The number of nitrogens with two attached hydrogens (primary N) is 1. The fourth-order valence-electron chi connectivity index (χ4n) is 5.19. The van der Waals surface area contributed by atoms with Gasteiger partial charge in [0.1, 0.15) is 23.0 Å². The van der Waals surface area contributed by atoms with E-state index in [-0.39, 0.29) is 6.04 Å². The second-order valence-electron chi connectivity index (χ2n) is 9.65. The average molecular weight is 535 g/mol. The third kappa shape index (κ3) is 4.65. The topological polar surface area (TPSA) is 97.3 Å². The first kappa shape index (κ1) is 24.6. The Bertz CT molecular complexity index is 1450. The fraction of sp³-hybridized carbons (Fsp3) is 0.370. The Morgan fingerprint density at radius 2 is 1.71 bits per heavy atom. The van der Waals surface area contributed by atoms with Gasteiger partial charge in [-0.05, 0) is 24.6 Å². The molecule has 0 amide bonds. The van der Waals surface area contributed by atoms with Gasteiger partial charge in [0.15, 0.2) is 0 Å². The van der Waals surface area contributed by atoms with E-state index in [1.165, 1.54) is 0 Å². The number of methoxy groups -OCH3 is 2. The number of benzene rings is 1. The number of ether oxygens (including phenoxy) is 2. The molecule has 198 valence electrons. The number of anilines is 3. The van der Waals surface area contributed by atoms with Crippen LogP contribution in [-0.4, -0.2) is 78.9 Å². The SMILES string of the molecule is COc1cc(OC)c(-c2cn3ccc(N4CCN(c5ccnc(N6CCC(N)C6)n5)CC4)cc3n2)cc1Cl. The Hall–Kier alpha value is -3.76. The molecule has 2 fully saturated rings. The number of nitrogens with zero attached hydrogens (tertiary/aromatic N) is 7. The Balaban J connectivity index is 1.17. The highest BCUT2D eigenvalue weighted by molar-refractivity contribution is 6.32. The van der Waals surface area contributed by atoms with Crippen molar-refractivity contribution in [2.45, 2.75) is 12.5 Å². The number of aromatic nitrogens is 4. The molecule has 11 heteroatoms. The molecule has 0 spiro atoms. The van der Waals surface area contributed by atoms with Crippen LogP contribution >= 0.6 is 11.6 Å². The lowest BCUT2D eigenvalue weighted by molar-refractivity contribution is 0.395. The van der Waals surface area contributed by atoms with Gasteiger partial charge in [0, 0.05) is 87.3 Å². The summed E-state index contributed by atoms with van der Waals surface area (Å²) in [5.74, 6) is 2.96. The van der Waals surface area contributed by atoms with E-state index in [1.54, 1.807) is 20.3 Å². The molecule has 2 aliphatic heterocycles. The molecule has 0 bridgehead atoms. The van der Waals surface area contributed by atoms with Crippen LogP contribution in [-0.2, 0) is 0 Å². The predicted octanol–water partition coefficient (Wildman–Crippen LogP) is 3.33. The van der Waals surface area contributed by atoms with Crippen molar-refractivity contribution in [2.24, 2.45) is 5.73 Å². The van der Waals surface area contributed by atoms with Crippen molar-refractivity contribution in [3.8, 4) is 22.8 Å². The van der Waals surface area contributed by atoms with Gasteiger partial charge in [0.25, 0.3) is 0 Å². The lowest BCUT2D eigenvalue weighted by atomic mass is 10.1. The van der Waals surface area contributed by atoms with Crippen LogP contribution in [0.15, 0.2) is 48.9 Å². The summed E-state index contributed by atoms with van der Waals surface area (Å²) in [7, 11) is 3.21. The van der Waals surface area contributed by atoms with Crippen molar-refractivity contribution in [1.29, 1.82) is 0 Å². The molecular formula is C27H31ClN8O2. The quantitative estimate of drug-likeness (QED) is 0.399. The molecule has 6 rings (SSSR count). The fourth-order valence-corrected chi connectivity index (χ4v) is 5.43. The normalized spacial score (nSPS) is 17.9. The van der Waals surface area contributed by atoms with Gasteiger partial charge in [-0.3, -0.25) is 0 Å². The minimum absolute atomic E-state index is 0.199. The molecular weight excluding hydrogens is 504 g/mol. The highest BCUT2D eigenvalue weighted by Crippen LogP contribution is 2.38. The molecule has 1 aromatic carbocycles. The van der Waals surface area contributed by atoms with Crippen molar-refractivity contribution in [3.05, 3.63) is 53.9 Å². The van der Waals surface area contributed by atoms with Crippen molar-refractivity contribution in [3.63, 3.8) is 0 Å². The highest BCUT2D eigenvalue weighted by atomic mass is 35.5. The van der Waals surface area contributed by atoms with Crippen LogP contribution in [0.5, 0.6) is 11.5 Å². The largest absolute Gasteiger partial charge is 0.496 e. The second kappa shape index (κ2) is 10.2. The number of fused-ring (bicyclic) bond motifs is 1. The summed E-state index contributed by atoms with van der Waals surface area (Å²) in [6, 6.07) is 10.1. The standard InChI is InChI=1S/C27H31ClN8O2/c1-37-23-15-24(38-2)21(28)14-20(23)22-17-35-8-5-19(13-26(35)31-22)33-9-11-34(12-10-33)25-3-6-30-27(32-25)36-7-4-18(29)16-36/h3,5-6,8,13-15,17-18H,4,7,9-12,16,29H2,1-2H3. The minimum Gasteiger partial charge on any atom is -0.496 e. The third-order valence-corrected chi connectivity index (χ3v) is 7.59. The number of piperazine rings is 1. The highest BCUT2D eigenvalue weighted by Gasteiger charge is 2.24. The van der Waals surface area contributed by atoms with Gasteiger partial charge in [-0.1, -0.05) is 11.6 Å². The van der Waals surface area contributed by atoms with Crippen LogP contribution in [0.3, 0.4) is 0 Å². The molecule has 2 saturated heterocycles. The predicted molar refractivity (Wildman–Crippen MR) is 150 cm³/mol. The first-order valence-electron chi connectivity index (χ1n) is 12.8. The lowest BCUT2D eigenvalue weighted by Gasteiger charge is -2.36. The number of rotatable bonds is 6. The van der Waals surface area contributed by atoms with E-state index in [1.807, 2.05) is 35.1 Å². The molecule has 0 aliphatic carbocycles. The molecule has 2 N–H and O–H groups in total.